The third-order valence-electron chi connectivity index (χ3n) is 6.72. The summed E-state index contributed by atoms with van der Waals surface area (Å²) >= 11 is 0.962. The molecule has 1 saturated heterocycles. The second-order valence-electron chi connectivity index (χ2n) is 10.5. The molecule has 2 heterocycles. The number of methoxy groups -OCH3 is 1. The number of ether oxygens (including phenoxy) is 2. The smallest absolute Gasteiger partial charge is 0.350 e. The van der Waals surface area contributed by atoms with Crippen LogP contribution in [0.25, 0.3) is 5.76 Å². The average Bonchev–Trinajstić information content (AvgIpc) is 3.42. The largest absolute Gasteiger partial charge is 0.507 e. The average molecular weight is 561 g/mol. The van der Waals surface area contributed by atoms with Crippen molar-refractivity contribution in [3.63, 3.8) is 0 Å². The molecule has 1 unspecified atom stereocenters. The number of esters is 1. The summed E-state index contributed by atoms with van der Waals surface area (Å²) in [6, 6.07) is 11.7. The SMILES string of the molecule is C=CCOc1ccc(/C(O)=C2/C(=O)C(=O)N(c3nc(C)c(C(=O)OC)s3)C2c2ccc(C(C)(C)C)cc2)c(C)c1. The topological polar surface area (TPSA) is 106 Å². The molecule has 0 saturated carbocycles. The van der Waals surface area contributed by atoms with Crippen LogP contribution in [0, 0.1) is 13.8 Å². The Morgan fingerprint density at radius 3 is 2.40 bits per heavy atom. The fraction of sp³-hybridized carbons (Fsp3) is 0.290. The number of benzene rings is 2. The first-order valence-electron chi connectivity index (χ1n) is 12.7. The van der Waals surface area contributed by atoms with Crippen LogP contribution in [-0.2, 0) is 19.7 Å². The summed E-state index contributed by atoms with van der Waals surface area (Å²) in [5, 5.41) is 11.7. The van der Waals surface area contributed by atoms with Crippen LogP contribution in [-0.4, -0.2) is 41.5 Å². The minimum absolute atomic E-state index is 0.0659. The van der Waals surface area contributed by atoms with Crippen LogP contribution >= 0.6 is 11.3 Å². The standard InChI is InChI=1S/C31H32N2O6S/c1-8-15-39-21-13-14-22(17(2)16-21)25(34)23-24(19-9-11-20(12-10-19)31(4,5)6)33(28(36)26(23)35)30-32-18(3)27(40-30)29(37)38-7/h8-14,16,24,34H,1,15H2,2-7H3/b25-23-. The van der Waals surface area contributed by atoms with Gasteiger partial charge in [-0.3, -0.25) is 14.5 Å². The molecular weight excluding hydrogens is 528 g/mol. The number of aryl methyl sites for hydroxylation is 2. The lowest BCUT2D eigenvalue weighted by Crippen LogP contribution is -2.29. The van der Waals surface area contributed by atoms with Gasteiger partial charge in [-0.1, -0.05) is 69.0 Å². The second kappa shape index (κ2) is 11.1. The van der Waals surface area contributed by atoms with E-state index in [1.807, 2.05) is 24.3 Å². The Balaban J connectivity index is 1.91. The van der Waals surface area contributed by atoms with Gasteiger partial charge in [0, 0.05) is 5.56 Å². The van der Waals surface area contributed by atoms with Crippen molar-refractivity contribution < 1.29 is 29.0 Å². The van der Waals surface area contributed by atoms with Gasteiger partial charge in [-0.2, -0.15) is 0 Å². The molecule has 8 nitrogen and oxygen atoms in total. The molecule has 1 aliphatic rings. The van der Waals surface area contributed by atoms with Gasteiger partial charge in [0.25, 0.3) is 5.78 Å². The molecule has 1 aliphatic heterocycles. The summed E-state index contributed by atoms with van der Waals surface area (Å²) in [6.45, 7) is 13.7. The highest BCUT2D eigenvalue weighted by Gasteiger charge is 2.48. The number of hydrogen-bond acceptors (Lipinski definition) is 8. The molecule has 1 fully saturated rings. The van der Waals surface area contributed by atoms with Gasteiger partial charge < -0.3 is 14.6 Å². The van der Waals surface area contributed by atoms with E-state index in [4.69, 9.17) is 9.47 Å². The predicted molar refractivity (Wildman–Crippen MR) is 155 cm³/mol. The van der Waals surface area contributed by atoms with Crippen molar-refractivity contribution in [1.82, 2.24) is 4.98 Å². The number of carbonyl (C=O) groups is 3. The maximum atomic E-state index is 13.6. The Hall–Kier alpha value is -4.24. The van der Waals surface area contributed by atoms with Crippen LogP contribution in [0.3, 0.4) is 0 Å². The van der Waals surface area contributed by atoms with Crippen molar-refractivity contribution in [3.8, 4) is 5.75 Å². The minimum Gasteiger partial charge on any atom is -0.507 e. The van der Waals surface area contributed by atoms with Crippen molar-refractivity contribution in [1.29, 1.82) is 0 Å². The van der Waals surface area contributed by atoms with Crippen molar-refractivity contribution in [2.75, 3.05) is 18.6 Å². The van der Waals surface area contributed by atoms with Gasteiger partial charge >= 0.3 is 11.9 Å². The molecule has 9 heteroatoms. The Morgan fingerprint density at radius 2 is 1.82 bits per heavy atom. The summed E-state index contributed by atoms with van der Waals surface area (Å²) in [6.07, 6.45) is 1.63. The number of ketones is 1. The van der Waals surface area contributed by atoms with E-state index in [0.29, 0.717) is 34.7 Å². The van der Waals surface area contributed by atoms with E-state index in [9.17, 15) is 19.5 Å². The molecule has 0 radical (unpaired) electrons. The maximum Gasteiger partial charge on any atom is 0.350 e. The van der Waals surface area contributed by atoms with E-state index in [2.05, 4.69) is 32.3 Å². The molecule has 0 bridgehead atoms. The van der Waals surface area contributed by atoms with E-state index in [-0.39, 0.29) is 26.8 Å². The zero-order valence-electron chi connectivity index (χ0n) is 23.4. The zero-order chi connectivity index (χ0) is 29.4. The van der Waals surface area contributed by atoms with Crippen molar-refractivity contribution in [3.05, 3.63) is 93.5 Å². The summed E-state index contributed by atoms with van der Waals surface area (Å²) in [5.41, 5.74) is 2.93. The number of thiazole rings is 1. The van der Waals surface area contributed by atoms with Gasteiger partial charge in [0.05, 0.1) is 24.4 Å². The fourth-order valence-electron chi connectivity index (χ4n) is 4.57. The van der Waals surface area contributed by atoms with Crippen LogP contribution in [0.15, 0.2) is 60.7 Å². The molecule has 4 rings (SSSR count). The Bertz CT molecular complexity index is 1530. The van der Waals surface area contributed by atoms with Crippen LogP contribution in [0.1, 0.15) is 64.4 Å². The highest BCUT2D eigenvalue weighted by atomic mass is 32.1. The summed E-state index contributed by atoms with van der Waals surface area (Å²) in [5.74, 6) is -2.00. The number of Topliss-reactive ketones (excluding diaryl/α,β-unsaturated/α-hetero) is 1. The highest BCUT2D eigenvalue weighted by molar-refractivity contribution is 7.17. The number of aliphatic hydroxyl groups excluding tert-OH is 1. The maximum absolute atomic E-state index is 13.6. The number of nitrogens with zero attached hydrogens (tertiary/aromatic N) is 2. The lowest BCUT2D eigenvalue weighted by Gasteiger charge is -2.25. The molecule has 1 aromatic heterocycles. The number of hydrogen-bond donors (Lipinski definition) is 1. The lowest BCUT2D eigenvalue weighted by atomic mass is 9.85. The van der Waals surface area contributed by atoms with Gasteiger partial charge in [-0.25, -0.2) is 9.78 Å². The Labute approximate surface area is 237 Å². The number of anilines is 1. The number of rotatable bonds is 7. The van der Waals surface area contributed by atoms with E-state index in [1.165, 1.54) is 12.0 Å². The third kappa shape index (κ3) is 5.29. The van der Waals surface area contributed by atoms with Crippen LogP contribution in [0.2, 0.25) is 0 Å². The number of carbonyl (C=O) groups excluding carboxylic acids is 3. The highest BCUT2D eigenvalue weighted by Crippen LogP contribution is 2.44. The first-order chi connectivity index (χ1) is 18.9. The van der Waals surface area contributed by atoms with Gasteiger partial charge in [0.2, 0.25) is 0 Å². The molecule has 208 valence electrons. The lowest BCUT2D eigenvalue weighted by molar-refractivity contribution is -0.132. The Morgan fingerprint density at radius 1 is 1.15 bits per heavy atom. The zero-order valence-corrected chi connectivity index (χ0v) is 24.2. The van der Waals surface area contributed by atoms with E-state index >= 15 is 0 Å². The normalized spacial score (nSPS) is 16.8. The minimum atomic E-state index is -0.971. The molecule has 40 heavy (non-hydrogen) atoms. The van der Waals surface area contributed by atoms with E-state index < -0.39 is 23.7 Å². The van der Waals surface area contributed by atoms with E-state index in [0.717, 1.165) is 16.9 Å². The number of amides is 1. The number of aliphatic hydroxyl groups is 1. The molecule has 0 spiro atoms. The molecule has 3 aromatic rings. The van der Waals surface area contributed by atoms with Gasteiger partial charge in [-0.05, 0) is 54.2 Å². The van der Waals surface area contributed by atoms with Crippen LogP contribution < -0.4 is 9.64 Å². The van der Waals surface area contributed by atoms with Gasteiger partial charge in [-0.15, -0.1) is 0 Å². The van der Waals surface area contributed by atoms with Crippen LogP contribution in [0.5, 0.6) is 5.75 Å². The quantitative estimate of drug-likeness (QED) is 0.124. The van der Waals surface area contributed by atoms with Crippen LogP contribution in [0.4, 0.5) is 5.13 Å². The summed E-state index contributed by atoms with van der Waals surface area (Å²) in [4.78, 5) is 45.3. The molecule has 0 aliphatic carbocycles. The van der Waals surface area contributed by atoms with Gasteiger partial charge in [0.1, 0.15) is 23.0 Å². The van der Waals surface area contributed by atoms with Crippen molar-refractivity contribution in [2.45, 2.75) is 46.1 Å². The van der Waals surface area contributed by atoms with Crippen molar-refractivity contribution >= 4 is 39.9 Å². The second-order valence-corrected chi connectivity index (χ2v) is 11.5. The summed E-state index contributed by atoms with van der Waals surface area (Å²) < 4.78 is 10.4. The molecule has 1 amide bonds. The summed E-state index contributed by atoms with van der Waals surface area (Å²) in [7, 11) is 1.26. The molecular formula is C31H32N2O6S. The first-order valence-corrected chi connectivity index (χ1v) is 13.5. The van der Waals surface area contributed by atoms with E-state index in [1.54, 1.807) is 38.1 Å². The molecule has 1 atom stereocenters. The predicted octanol–water partition coefficient (Wildman–Crippen LogP) is 6.04. The first kappa shape index (κ1) is 28.8. The molecule has 2 aromatic carbocycles. The third-order valence-corrected chi connectivity index (χ3v) is 7.86. The van der Waals surface area contributed by atoms with Gasteiger partial charge in [0.15, 0.2) is 5.13 Å². The fourth-order valence-corrected chi connectivity index (χ4v) is 5.58. The van der Waals surface area contributed by atoms with Crippen molar-refractivity contribution in [2.24, 2.45) is 0 Å². The monoisotopic (exact) mass is 560 g/mol. The Kier molecular flexibility index (Phi) is 7.98. The molecule has 1 N–H and O–H groups in total. The number of aromatic nitrogens is 1.